The van der Waals surface area contributed by atoms with Crippen molar-refractivity contribution in [3.8, 4) is 5.75 Å². The van der Waals surface area contributed by atoms with Gasteiger partial charge in [0.25, 0.3) is 0 Å². The highest BCUT2D eigenvalue weighted by molar-refractivity contribution is 6.39. The summed E-state index contributed by atoms with van der Waals surface area (Å²) >= 11 is 11.9. The van der Waals surface area contributed by atoms with Crippen molar-refractivity contribution in [1.82, 2.24) is 5.32 Å². The fraction of sp³-hybridized carbons (Fsp3) is 0.133. The van der Waals surface area contributed by atoms with Gasteiger partial charge in [-0.25, -0.2) is 9.18 Å². The number of hydrogen-bond donors (Lipinski definition) is 2. The Morgan fingerprint density at radius 1 is 1.14 bits per heavy atom. The molecule has 0 saturated carbocycles. The molecule has 0 aliphatic rings. The van der Waals surface area contributed by atoms with Gasteiger partial charge in [-0.3, -0.25) is 0 Å². The summed E-state index contributed by atoms with van der Waals surface area (Å²) in [5, 5.41) is 5.83. The molecule has 2 amide bonds. The van der Waals surface area contributed by atoms with E-state index >= 15 is 0 Å². The fourth-order valence-electron chi connectivity index (χ4n) is 1.67. The lowest BCUT2D eigenvalue weighted by Crippen LogP contribution is -2.32. The van der Waals surface area contributed by atoms with Crippen molar-refractivity contribution in [1.29, 1.82) is 0 Å². The van der Waals surface area contributed by atoms with Crippen LogP contribution in [0, 0.1) is 5.82 Å². The Kier molecular flexibility index (Phi) is 5.86. The molecule has 0 unspecified atom stereocenters. The molecule has 0 saturated heterocycles. The molecule has 0 bridgehead atoms. The fourth-order valence-corrected chi connectivity index (χ4v) is 2.16. The van der Waals surface area contributed by atoms with Crippen molar-refractivity contribution in [2.75, 3.05) is 18.5 Å². The maximum absolute atomic E-state index is 12.9. The topological polar surface area (TPSA) is 50.4 Å². The van der Waals surface area contributed by atoms with Gasteiger partial charge in [0.05, 0.1) is 22.3 Å². The van der Waals surface area contributed by atoms with Gasteiger partial charge in [0.15, 0.2) is 0 Å². The SMILES string of the molecule is O=C(NCCOc1cccc(F)c1)Nc1c(Cl)cccc1Cl. The first kappa shape index (κ1) is 16.4. The first-order valence-corrected chi connectivity index (χ1v) is 7.19. The van der Waals surface area contributed by atoms with Crippen LogP contribution in [0.4, 0.5) is 14.9 Å². The van der Waals surface area contributed by atoms with Crippen LogP contribution in [-0.2, 0) is 0 Å². The Morgan fingerprint density at radius 3 is 2.50 bits per heavy atom. The van der Waals surface area contributed by atoms with Gasteiger partial charge in [-0.05, 0) is 24.3 Å². The first-order valence-electron chi connectivity index (χ1n) is 6.43. The van der Waals surface area contributed by atoms with Gasteiger partial charge >= 0.3 is 6.03 Å². The number of carbonyl (C=O) groups excluding carboxylic acids is 1. The Balaban J connectivity index is 1.76. The highest BCUT2D eigenvalue weighted by Gasteiger charge is 2.08. The van der Waals surface area contributed by atoms with E-state index in [2.05, 4.69) is 10.6 Å². The number of amides is 2. The Morgan fingerprint density at radius 2 is 1.82 bits per heavy atom. The molecule has 4 nitrogen and oxygen atoms in total. The molecule has 0 aliphatic carbocycles. The minimum atomic E-state index is -0.460. The zero-order valence-corrected chi connectivity index (χ0v) is 12.9. The second-order valence-electron chi connectivity index (χ2n) is 4.28. The van der Waals surface area contributed by atoms with E-state index in [1.54, 1.807) is 30.3 Å². The average Bonchev–Trinajstić information content (AvgIpc) is 2.48. The second-order valence-corrected chi connectivity index (χ2v) is 5.10. The molecular formula is C15H13Cl2FN2O2. The summed E-state index contributed by atoms with van der Waals surface area (Å²) in [4.78, 5) is 11.7. The first-order chi connectivity index (χ1) is 10.6. The minimum absolute atomic E-state index is 0.202. The van der Waals surface area contributed by atoms with Gasteiger partial charge in [-0.15, -0.1) is 0 Å². The normalized spacial score (nSPS) is 10.1. The van der Waals surface area contributed by atoms with Gasteiger partial charge in [0, 0.05) is 6.07 Å². The summed E-state index contributed by atoms with van der Waals surface area (Å²) in [6.45, 7) is 0.442. The minimum Gasteiger partial charge on any atom is -0.492 e. The van der Waals surface area contributed by atoms with Gasteiger partial charge in [0.2, 0.25) is 0 Å². The Hall–Kier alpha value is -1.98. The van der Waals surface area contributed by atoms with Crippen LogP contribution < -0.4 is 15.4 Å². The van der Waals surface area contributed by atoms with Crippen LogP contribution in [-0.4, -0.2) is 19.2 Å². The number of urea groups is 1. The smallest absolute Gasteiger partial charge is 0.319 e. The van der Waals surface area contributed by atoms with Crippen molar-refractivity contribution in [2.24, 2.45) is 0 Å². The van der Waals surface area contributed by atoms with Crippen LogP contribution in [0.2, 0.25) is 10.0 Å². The molecule has 2 aromatic rings. The number of hydrogen-bond acceptors (Lipinski definition) is 2. The molecule has 0 aliphatic heterocycles. The average molecular weight is 343 g/mol. The molecule has 116 valence electrons. The highest BCUT2D eigenvalue weighted by Crippen LogP contribution is 2.29. The molecule has 22 heavy (non-hydrogen) atoms. The summed E-state index contributed by atoms with van der Waals surface area (Å²) in [7, 11) is 0. The van der Waals surface area contributed by atoms with E-state index in [0.717, 1.165) is 0 Å². The van der Waals surface area contributed by atoms with Crippen LogP contribution in [0.1, 0.15) is 0 Å². The Bertz CT molecular complexity index is 647. The molecule has 2 N–H and O–H groups in total. The molecule has 2 aromatic carbocycles. The predicted octanol–water partition coefficient (Wildman–Crippen LogP) is 4.33. The summed E-state index contributed by atoms with van der Waals surface area (Å²) in [6, 6.07) is 10.2. The van der Waals surface area contributed by atoms with Crippen molar-refractivity contribution in [3.05, 3.63) is 58.3 Å². The molecule has 0 radical (unpaired) electrons. The predicted molar refractivity (Wildman–Crippen MR) is 85.4 cm³/mol. The van der Waals surface area contributed by atoms with Crippen LogP contribution in [0.15, 0.2) is 42.5 Å². The number of benzene rings is 2. The van der Waals surface area contributed by atoms with E-state index in [0.29, 0.717) is 21.5 Å². The number of nitrogens with one attached hydrogen (secondary N) is 2. The number of para-hydroxylation sites is 1. The van der Waals surface area contributed by atoms with Crippen molar-refractivity contribution in [3.63, 3.8) is 0 Å². The van der Waals surface area contributed by atoms with Crippen LogP contribution in [0.5, 0.6) is 5.75 Å². The summed E-state index contributed by atoms with van der Waals surface area (Å²) in [5.74, 6) is 0.0212. The van der Waals surface area contributed by atoms with E-state index in [1.165, 1.54) is 12.1 Å². The lowest BCUT2D eigenvalue weighted by atomic mass is 10.3. The number of halogens is 3. The molecule has 0 fully saturated rings. The largest absolute Gasteiger partial charge is 0.492 e. The highest BCUT2D eigenvalue weighted by atomic mass is 35.5. The van der Waals surface area contributed by atoms with Gasteiger partial charge in [-0.2, -0.15) is 0 Å². The quantitative estimate of drug-likeness (QED) is 0.794. The zero-order chi connectivity index (χ0) is 15.9. The molecule has 0 heterocycles. The van der Waals surface area contributed by atoms with E-state index in [4.69, 9.17) is 27.9 Å². The third kappa shape index (κ3) is 4.79. The number of anilines is 1. The van der Waals surface area contributed by atoms with E-state index < -0.39 is 6.03 Å². The lowest BCUT2D eigenvalue weighted by molar-refractivity contribution is 0.247. The van der Waals surface area contributed by atoms with E-state index in [1.807, 2.05) is 0 Å². The molecule has 0 atom stereocenters. The Labute approximate surface area is 137 Å². The van der Waals surface area contributed by atoms with Crippen molar-refractivity contribution in [2.45, 2.75) is 0 Å². The maximum Gasteiger partial charge on any atom is 0.319 e. The van der Waals surface area contributed by atoms with Crippen LogP contribution >= 0.6 is 23.2 Å². The molecule has 0 aromatic heterocycles. The third-order valence-electron chi connectivity index (χ3n) is 2.65. The van der Waals surface area contributed by atoms with E-state index in [9.17, 15) is 9.18 Å². The van der Waals surface area contributed by atoms with E-state index in [-0.39, 0.29) is 19.0 Å². The summed E-state index contributed by atoms with van der Waals surface area (Å²) in [5.41, 5.74) is 0.342. The lowest BCUT2D eigenvalue weighted by Gasteiger charge is -2.11. The molecule has 2 rings (SSSR count). The summed E-state index contributed by atoms with van der Waals surface area (Å²) < 4.78 is 18.2. The standard InChI is InChI=1S/C15H13Cl2FN2O2/c16-12-5-2-6-13(17)14(12)20-15(21)19-7-8-22-11-4-1-3-10(18)9-11/h1-6,9H,7-8H2,(H2,19,20,21). The molecule has 7 heteroatoms. The number of ether oxygens (including phenoxy) is 1. The number of rotatable bonds is 5. The maximum atomic E-state index is 12.9. The van der Waals surface area contributed by atoms with Crippen LogP contribution in [0.25, 0.3) is 0 Å². The van der Waals surface area contributed by atoms with Gasteiger partial charge in [-0.1, -0.05) is 35.3 Å². The number of carbonyl (C=O) groups is 1. The molecule has 0 spiro atoms. The summed E-state index contributed by atoms with van der Waals surface area (Å²) in [6.07, 6.45) is 0. The van der Waals surface area contributed by atoms with Crippen molar-refractivity contribution >= 4 is 34.9 Å². The van der Waals surface area contributed by atoms with Crippen LogP contribution in [0.3, 0.4) is 0 Å². The molecular weight excluding hydrogens is 330 g/mol. The second kappa shape index (κ2) is 7.87. The monoisotopic (exact) mass is 342 g/mol. The van der Waals surface area contributed by atoms with Crippen molar-refractivity contribution < 1.29 is 13.9 Å². The van der Waals surface area contributed by atoms with Gasteiger partial charge < -0.3 is 15.4 Å². The zero-order valence-electron chi connectivity index (χ0n) is 11.4. The van der Waals surface area contributed by atoms with Gasteiger partial charge in [0.1, 0.15) is 18.2 Å². The third-order valence-corrected chi connectivity index (χ3v) is 3.28.